The standard InChI is InChI=1S/C17H22N2O/c1-5-19-11-15(7-9-17(19)20)18-14(4)16-8-6-12(2)10-13(16)3/h6-11,14,18H,5H2,1-4H3. The second kappa shape index (κ2) is 5.95. The van der Waals surface area contributed by atoms with E-state index >= 15 is 0 Å². The van der Waals surface area contributed by atoms with Crippen molar-refractivity contribution in [2.24, 2.45) is 0 Å². The number of rotatable bonds is 4. The first-order valence-corrected chi connectivity index (χ1v) is 7.05. The molecule has 0 saturated carbocycles. The molecule has 20 heavy (non-hydrogen) atoms. The van der Waals surface area contributed by atoms with Crippen molar-refractivity contribution in [1.82, 2.24) is 4.57 Å². The molecule has 3 nitrogen and oxygen atoms in total. The highest BCUT2D eigenvalue weighted by Gasteiger charge is 2.08. The van der Waals surface area contributed by atoms with E-state index in [9.17, 15) is 4.79 Å². The molecule has 1 N–H and O–H groups in total. The molecule has 1 heterocycles. The summed E-state index contributed by atoms with van der Waals surface area (Å²) in [6, 6.07) is 10.2. The summed E-state index contributed by atoms with van der Waals surface area (Å²) in [7, 11) is 0. The van der Waals surface area contributed by atoms with E-state index in [0.717, 1.165) is 5.69 Å². The maximum Gasteiger partial charge on any atom is 0.250 e. The minimum Gasteiger partial charge on any atom is -0.377 e. The molecule has 2 aromatic rings. The molecule has 0 saturated heterocycles. The molecule has 0 amide bonds. The van der Waals surface area contributed by atoms with Crippen molar-refractivity contribution in [2.45, 2.75) is 40.3 Å². The maximum atomic E-state index is 11.6. The lowest BCUT2D eigenvalue weighted by molar-refractivity contribution is 0.725. The lowest BCUT2D eigenvalue weighted by Crippen LogP contribution is -2.18. The topological polar surface area (TPSA) is 34.0 Å². The van der Waals surface area contributed by atoms with Crippen LogP contribution in [0.25, 0.3) is 0 Å². The van der Waals surface area contributed by atoms with Crippen LogP contribution < -0.4 is 10.9 Å². The number of anilines is 1. The summed E-state index contributed by atoms with van der Waals surface area (Å²) in [6.07, 6.45) is 1.88. The lowest BCUT2D eigenvalue weighted by atomic mass is 10.0. The number of benzene rings is 1. The molecule has 0 aliphatic rings. The first kappa shape index (κ1) is 14.4. The average Bonchev–Trinajstić information content (AvgIpc) is 2.40. The monoisotopic (exact) mass is 270 g/mol. The second-order valence-corrected chi connectivity index (χ2v) is 5.27. The predicted molar refractivity (Wildman–Crippen MR) is 84.3 cm³/mol. The zero-order valence-corrected chi connectivity index (χ0v) is 12.6. The van der Waals surface area contributed by atoms with E-state index in [2.05, 4.69) is 44.3 Å². The molecule has 0 bridgehead atoms. The quantitative estimate of drug-likeness (QED) is 0.920. The minimum atomic E-state index is 0.0391. The molecule has 1 unspecified atom stereocenters. The van der Waals surface area contributed by atoms with Gasteiger partial charge in [0.25, 0.3) is 5.56 Å². The Hall–Kier alpha value is -2.03. The number of hydrogen-bond acceptors (Lipinski definition) is 2. The molecule has 0 aliphatic carbocycles. The highest BCUT2D eigenvalue weighted by molar-refractivity contribution is 5.44. The maximum absolute atomic E-state index is 11.6. The van der Waals surface area contributed by atoms with Crippen LogP contribution in [0.3, 0.4) is 0 Å². The third-order valence-electron chi connectivity index (χ3n) is 3.60. The van der Waals surface area contributed by atoms with Gasteiger partial charge in [-0.1, -0.05) is 23.8 Å². The summed E-state index contributed by atoms with van der Waals surface area (Å²) in [6.45, 7) is 9.03. The van der Waals surface area contributed by atoms with E-state index in [-0.39, 0.29) is 11.6 Å². The fourth-order valence-electron chi connectivity index (χ4n) is 2.50. The van der Waals surface area contributed by atoms with Crippen LogP contribution in [0.5, 0.6) is 0 Å². The van der Waals surface area contributed by atoms with Crippen LogP contribution in [0, 0.1) is 13.8 Å². The number of aryl methyl sites for hydroxylation is 3. The van der Waals surface area contributed by atoms with Gasteiger partial charge >= 0.3 is 0 Å². The van der Waals surface area contributed by atoms with Crippen LogP contribution in [0.15, 0.2) is 41.3 Å². The number of aromatic nitrogens is 1. The van der Waals surface area contributed by atoms with Gasteiger partial charge in [-0.15, -0.1) is 0 Å². The van der Waals surface area contributed by atoms with E-state index in [1.54, 1.807) is 10.6 Å². The van der Waals surface area contributed by atoms with Gasteiger partial charge in [0.1, 0.15) is 0 Å². The van der Waals surface area contributed by atoms with Gasteiger partial charge < -0.3 is 9.88 Å². The van der Waals surface area contributed by atoms with Gasteiger partial charge in [-0.3, -0.25) is 4.79 Å². The van der Waals surface area contributed by atoms with E-state index in [1.165, 1.54) is 16.7 Å². The SMILES string of the molecule is CCn1cc(NC(C)c2ccc(C)cc2C)ccc1=O. The van der Waals surface area contributed by atoms with Gasteiger partial charge in [0.15, 0.2) is 0 Å². The number of pyridine rings is 1. The van der Waals surface area contributed by atoms with Gasteiger partial charge in [0.05, 0.1) is 5.69 Å². The fraction of sp³-hybridized carbons (Fsp3) is 0.353. The Bertz CT molecular complexity index is 658. The molecule has 1 aromatic heterocycles. The molecule has 1 aromatic carbocycles. The summed E-state index contributed by atoms with van der Waals surface area (Å²) in [5.74, 6) is 0. The number of hydrogen-bond donors (Lipinski definition) is 1. The summed E-state index contributed by atoms with van der Waals surface area (Å²) < 4.78 is 1.71. The first-order valence-electron chi connectivity index (χ1n) is 7.05. The van der Waals surface area contributed by atoms with Crippen LogP contribution >= 0.6 is 0 Å². The Morgan fingerprint density at radius 1 is 1.20 bits per heavy atom. The first-order chi connectivity index (χ1) is 9.51. The van der Waals surface area contributed by atoms with E-state index in [1.807, 2.05) is 19.2 Å². The van der Waals surface area contributed by atoms with Gasteiger partial charge in [0, 0.05) is 24.8 Å². The van der Waals surface area contributed by atoms with Crippen LogP contribution in [-0.4, -0.2) is 4.57 Å². The summed E-state index contributed by atoms with van der Waals surface area (Å²) in [5.41, 5.74) is 4.85. The van der Waals surface area contributed by atoms with Crippen molar-refractivity contribution in [2.75, 3.05) is 5.32 Å². The van der Waals surface area contributed by atoms with Crippen LogP contribution in [0.4, 0.5) is 5.69 Å². The molecule has 1 atom stereocenters. The molecule has 0 fully saturated rings. The van der Waals surface area contributed by atoms with E-state index in [0.29, 0.717) is 6.54 Å². The molecular formula is C17H22N2O. The van der Waals surface area contributed by atoms with Crippen LogP contribution in [0.2, 0.25) is 0 Å². The highest BCUT2D eigenvalue weighted by atomic mass is 16.1. The molecule has 106 valence electrons. The predicted octanol–water partition coefficient (Wildman–Crippen LogP) is 3.66. The summed E-state index contributed by atoms with van der Waals surface area (Å²) >= 11 is 0. The smallest absolute Gasteiger partial charge is 0.250 e. The third-order valence-corrected chi connectivity index (χ3v) is 3.60. The van der Waals surface area contributed by atoms with Crippen LogP contribution in [0.1, 0.15) is 36.6 Å². The van der Waals surface area contributed by atoms with Crippen molar-refractivity contribution >= 4 is 5.69 Å². The van der Waals surface area contributed by atoms with Crippen LogP contribution in [-0.2, 0) is 6.54 Å². The third kappa shape index (κ3) is 3.10. The fourth-order valence-corrected chi connectivity index (χ4v) is 2.50. The van der Waals surface area contributed by atoms with Gasteiger partial charge in [0.2, 0.25) is 0 Å². The molecular weight excluding hydrogens is 248 g/mol. The van der Waals surface area contributed by atoms with E-state index < -0.39 is 0 Å². The number of nitrogens with one attached hydrogen (secondary N) is 1. The molecule has 0 spiro atoms. The number of nitrogens with zero attached hydrogens (tertiary/aromatic N) is 1. The zero-order chi connectivity index (χ0) is 14.7. The van der Waals surface area contributed by atoms with Gasteiger partial charge in [-0.25, -0.2) is 0 Å². The lowest BCUT2D eigenvalue weighted by Gasteiger charge is -2.19. The Kier molecular flexibility index (Phi) is 4.28. The van der Waals surface area contributed by atoms with Gasteiger partial charge in [-0.05, 0) is 44.9 Å². The summed E-state index contributed by atoms with van der Waals surface area (Å²) in [4.78, 5) is 11.6. The Morgan fingerprint density at radius 3 is 2.60 bits per heavy atom. The second-order valence-electron chi connectivity index (χ2n) is 5.27. The Labute approximate surface area is 120 Å². The van der Waals surface area contributed by atoms with Crippen molar-refractivity contribution in [1.29, 1.82) is 0 Å². The highest BCUT2D eigenvalue weighted by Crippen LogP contribution is 2.22. The normalized spacial score (nSPS) is 12.2. The van der Waals surface area contributed by atoms with E-state index in [4.69, 9.17) is 0 Å². The van der Waals surface area contributed by atoms with Crippen molar-refractivity contribution in [3.63, 3.8) is 0 Å². The van der Waals surface area contributed by atoms with Crippen molar-refractivity contribution in [3.05, 3.63) is 63.6 Å². The molecule has 0 radical (unpaired) electrons. The Balaban J connectivity index is 2.23. The summed E-state index contributed by atoms with van der Waals surface area (Å²) in [5, 5.41) is 3.46. The van der Waals surface area contributed by atoms with Crippen molar-refractivity contribution in [3.8, 4) is 0 Å². The molecule has 2 rings (SSSR count). The zero-order valence-electron chi connectivity index (χ0n) is 12.6. The Morgan fingerprint density at radius 2 is 1.95 bits per heavy atom. The molecule has 0 aliphatic heterocycles. The molecule has 3 heteroatoms. The van der Waals surface area contributed by atoms with Gasteiger partial charge in [-0.2, -0.15) is 0 Å². The average molecular weight is 270 g/mol. The minimum absolute atomic E-state index is 0.0391. The largest absolute Gasteiger partial charge is 0.377 e. The van der Waals surface area contributed by atoms with Crippen molar-refractivity contribution < 1.29 is 0 Å².